The highest BCUT2D eigenvalue weighted by atomic mass is 19.1. The zero-order chi connectivity index (χ0) is 15.2. The van der Waals surface area contributed by atoms with Crippen molar-refractivity contribution in [3.05, 3.63) is 30.1 Å². The van der Waals surface area contributed by atoms with Crippen LogP contribution in [0.15, 0.2) is 24.3 Å². The molecule has 0 spiro atoms. The van der Waals surface area contributed by atoms with Crippen LogP contribution < -0.4 is 5.32 Å². The molecule has 0 radical (unpaired) electrons. The number of esters is 1. The van der Waals surface area contributed by atoms with E-state index in [1.54, 1.807) is 12.1 Å². The molecule has 1 saturated heterocycles. The van der Waals surface area contributed by atoms with Crippen molar-refractivity contribution in [2.24, 2.45) is 5.92 Å². The highest BCUT2D eigenvalue weighted by Crippen LogP contribution is 2.17. The molecule has 0 bridgehead atoms. The minimum atomic E-state index is -0.381. The molecule has 1 atom stereocenters. The molecule has 1 aliphatic rings. The van der Waals surface area contributed by atoms with Crippen molar-refractivity contribution in [2.75, 3.05) is 32.1 Å². The number of nitrogens with zero attached hydrogens (tertiary/aromatic N) is 1. The lowest BCUT2D eigenvalue weighted by atomic mass is 10.1. The summed E-state index contributed by atoms with van der Waals surface area (Å²) in [6.07, 6.45) is 1.07. The molecule has 1 N–H and O–H groups in total. The Bertz CT molecular complexity index is 521. The van der Waals surface area contributed by atoms with Gasteiger partial charge in [0.1, 0.15) is 5.82 Å². The van der Waals surface area contributed by atoms with Gasteiger partial charge in [-0.2, -0.15) is 0 Å². The molecule has 1 aromatic carbocycles. The number of anilines is 1. The van der Waals surface area contributed by atoms with Gasteiger partial charge in [0.15, 0.2) is 0 Å². The van der Waals surface area contributed by atoms with Crippen molar-refractivity contribution in [3.8, 4) is 0 Å². The van der Waals surface area contributed by atoms with Crippen molar-refractivity contribution < 1.29 is 18.7 Å². The van der Waals surface area contributed by atoms with Crippen LogP contribution >= 0.6 is 0 Å². The second-order valence-electron chi connectivity index (χ2n) is 5.12. The van der Waals surface area contributed by atoms with Crippen LogP contribution in [0, 0.1) is 11.7 Å². The molecule has 1 unspecified atom stereocenters. The van der Waals surface area contributed by atoms with Crippen molar-refractivity contribution in [2.45, 2.75) is 12.8 Å². The summed E-state index contributed by atoms with van der Waals surface area (Å²) in [6.45, 7) is 1.99. The van der Waals surface area contributed by atoms with E-state index < -0.39 is 0 Å². The molecule has 0 aromatic heterocycles. The number of ether oxygens (including phenoxy) is 1. The second kappa shape index (κ2) is 7.17. The third-order valence-electron chi connectivity index (χ3n) is 3.57. The first-order valence-corrected chi connectivity index (χ1v) is 6.94. The van der Waals surface area contributed by atoms with Gasteiger partial charge in [-0.3, -0.25) is 9.59 Å². The highest BCUT2D eigenvalue weighted by Gasteiger charge is 2.28. The molecule has 5 nitrogen and oxygen atoms in total. The predicted molar refractivity (Wildman–Crippen MR) is 76.2 cm³/mol. The summed E-state index contributed by atoms with van der Waals surface area (Å²) in [6, 6.07) is 5.80. The number of rotatable bonds is 5. The smallest absolute Gasteiger partial charge is 0.310 e. The molecular formula is C15H19FN2O3. The van der Waals surface area contributed by atoms with Gasteiger partial charge in [0.05, 0.1) is 13.0 Å². The summed E-state index contributed by atoms with van der Waals surface area (Å²) in [5.74, 6) is -0.835. The molecular weight excluding hydrogens is 275 g/mol. The molecule has 0 saturated carbocycles. The minimum absolute atomic E-state index is 0.0960. The Morgan fingerprint density at radius 2 is 2.29 bits per heavy atom. The third-order valence-corrected chi connectivity index (χ3v) is 3.57. The summed E-state index contributed by atoms with van der Waals surface area (Å²) in [5, 5.41) is 2.65. The van der Waals surface area contributed by atoms with Crippen LogP contribution in [-0.4, -0.2) is 43.5 Å². The van der Waals surface area contributed by atoms with Crippen LogP contribution in [0.5, 0.6) is 0 Å². The van der Waals surface area contributed by atoms with Gasteiger partial charge in [-0.15, -0.1) is 0 Å². The monoisotopic (exact) mass is 294 g/mol. The Balaban J connectivity index is 1.74. The van der Waals surface area contributed by atoms with Crippen LogP contribution in [0.4, 0.5) is 10.1 Å². The zero-order valence-electron chi connectivity index (χ0n) is 12.0. The van der Waals surface area contributed by atoms with E-state index >= 15 is 0 Å². The topological polar surface area (TPSA) is 58.6 Å². The van der Waals surface area contributed by atoms with E-state index in [1.165, 1.54) is 19.2 Å². The second-order valence-corrected chi connectivity index (χ2v) is 5.12. The van der Waals surface area contributed by atoms with Gasteiger partial charge in [-0.1, -0.05) is 6.07 Å². The fourth-order valence-electron chi connectivity index (χ4n) is 2.44. The number of halogens is 1. The number of amides is 1. The Kier molecular flexibility index (Phi) is 5.27. The maximum atomic E-state index is 13.0. The molecule has 1 aliphatic heterocycles. The van der Waals surface area contributed by atoms with Crippen LogP contribution in [0.3, 0.4) is 0 Å². The summed E-state index contributed by atoms with van der Waals surface area (Å²) in [4.78, 5) is 25.3. The molecule has 21 heavy (non-hydrogen) atoms. The van der Waals surface area contributed by atoms with Crippen LogP contribution in [0.2, 0.25) is 0 Å². The third kappa shape index (κ3) is 4.53. The zero-order valence-corrected chi connectivity index (χ0v) is 12.0. The Labute approximate surface area is 123 Å². The van der Waals surface area contributed by atoms with E-state index in [9.17, 15) is 14.0 Å². The number of nitrogens with one attached hydrogen (secondary N) is 1. The normalized spacial score (nSPS) is 18.5. The molecule has 1 amide bonds. The maximum Gasteiger partial charge on any atom is 0.310 e. The number of carbonyl (C=O) groups is 2. The predicted octanol–water partition coefficient (Wildman–Crippen LogP) is 1.65. The van der Waals surface area contributed by atoms with Gasteiger partial charge in [-0.25, -0.2) is 4.39 Å². The lowest BCUT2D eigenvalue weighted by Crippen LogP contribution is -2.27. The number of methoxy groups -OCH3 is 1. The average Bonchev–Trinajstić information content (AvgIpc) is 2.93. The Morgan fingerprint density at radius 1 is 1.48 bits per heavy atom. The largest absolute Gasteiger partial charge is 0.469 e. The maximum absolute atomic E-state index is 13.0. The lowest BCUT2D eigenvalue weighted by Gasteiger charge is -2.15. The van der Waals surface area contributed by atoms with Crippen molar-refractivity contribution >= 4 is 17.6 Å². The van der Waals surface area contributed by atoms with E-state index in [0.29, 0.717) is 25.2 Å². The number of likely N-dealkylation sites (tertiary alicyclic amines) is 1. The van der Waals surface area contributed by atoms with Crippen LogP contribution in [0.25, 0.3) is 0 Å². The molecule has 0 aliphatic carbocycles. The molecule has 1 fully saturated rings. The fraction of sp³-hybridized carbons (Fsp3) is 0.467. The van der Waals surface area contributed by atoms with Gasteiger partial charge < -0.3 is 15.0 Å². The first-order valence-electron chi connectivity index (χ1n) is 6.94. The molecule has 114 valence electrons. The number of benzene rings is 1. The molecule has 6 heteroatoms. The average molecular weight is 294 g/mol. The van der Waals surface area contributed by atoms with E-state index in [-0.39, 0.29) is 23.6 Å². The standard InChI is InChI=1S/C15H19FN2O3/c1-21-15(20)11-5-7-18(10-11)8-6-14(19)17-13-4-2-3-12(16)9-13/h2-4,9,11H,5-8,10H2,1H3,(H,17,19). The van der Waals surface area contributed by atoms with Gasteiger partial charge >= 0.3 is 5.97 Å². The van der Waals surface area contributed by atoms with Crippen LogP contribution in [0.1, 0.15) is 12.8 Å². The van der Waals surface area contributed by atoms with Gasteiger partial charge in [0, 0.05) is 25.2 Å². The number of hydrogen-bond acceptors (Lipinski definition) is 4. The minimum Gasteiger partial charge on any atom is -0.469 e. The van der Waals surface area contributed by atoms with Crippen molar-refractivity contribution in [3.63, 3.8) is 0 Å². The van der Waals surface area contributed by atoms with Gasteiger partial charge in [-0.05, 0) is 31.2 Å². The Hall–Kier alpha value is -1.95. The fourth-order valence-corrected chi connectivity index (χ4v) is 2.44. The lowest BCUT2D eigenvalue weighted by molar-refractivity contribution is -0.144. The van der Waals surface area contributed by atoms with Gasteiger partial charge in [0.25, 0.3) is 0 Å². The SMILES string of the molecule is COC(=O)C1CCN(CCC(=O)Nc2cccc(F)c2)C1. The summed E-state index contributed by atoms with van der Waals surface area (Å²) in [5.41, 5.74) is 0.453. The molecule has 1 heterocycles. The first kappa shape index (κ1) is 15.4. The summed E-state index contributed by atoms with van der Waals surface area (Å²) >= 11 is 0. The Morgan fingerprint density at radius 3 is 3.00 bits per heavy atom. The van der Waals surface area contributed by atoms with E-state index in [1.807, 2.05) is 0 Å². The van der Waals surface area contributed by atoms with Crippen molar-refractivity contribution in [1.29, 1.82) is 0 Å². The highest BCUT2D eigenvalue weighted by molar-refractivity contribution is 5.90. The molecule has 2 rings (SSSR count). The number of carbonyl (C=O) groups excluding carboxylic acids is 2. The first-order chi connectivity index (χ1) is 10.1. The summed E-state index contributed by atoms with van der Waals surface area (Å²) < 4.78 is 17.7. The van der Waals surface area contributed by atoms with Crippen LogP contribution in [-0.2, 0) is 14.3 Å². The van der Waals surface area contributed by atoms with Gasteiger partial charge in [0.2, 0.25) is 5.91 Å². The molecule has 1 aromatic rings. The summed E-state index contributed by atoms with van der Waals surface area (Å²) in [7, 11) is 1.39. The van der Waals surface area contributed by atoms with E-state index in [4.69, 9.17) is 4.74 Å². The van der Waals surface area contributed by atoms with E-state index in [2.05, 4.69) is 10.2 Å². The quantitative estimate of drug-likeness (QED) is 0.839. The van der Waals surface area contributed by atoms with Crippen molar-refractivity contribution in [1.82, 2.24) is 4.90 Å². The number of hydrogen-bond donors (Lipinski definition) is 1. The van der Waals surface area contributed by atoms with E-state index in [0.717, 1.165) is 13.0 Å².